The van der Waals surface area contributed by atoms with Gasteiger partial charge >= 0.3 is 0 Å². The maximum atomic E-state index is 12.0. The minimum atomic E-state index is 0.0205. The van der Waals surface area contributed by atoms with Crippen molar-refractivity contribution in [2.45, 2.75) is 30.3 Å². The number of thioether (sulfide) groups is 1. The molecule has 0 spiro atoms. The molecule has 1 atom stereocenters. The lowest BCUT2D eigenvalue weighted by atomic mass is 10.3. The van der Waals surface area contributed by atoms with Crippen molar-refractivity contribution >= 4 is 28.7 Å². The molecule has 1 aliphatic heterocycles. The first-order valence-electron chi connectivity index (χ1n) is 6.57. The van der Waals surface area contributed by atoms with E-state index in [4.69, 9.17) is 0 Å². The van der Waals surface area contributed by atoms with Crippen LogP contribution in [0.2, 0.25) is 0 Å². The summed E-state index contributed by atoms with van der Waals surface area (Å²) in [7, 11) is 1.87. The van der Waals surface area contributed by atoms with Crippen LogP contribution in [0.15, 0.2) is 29.4 Å². The highest BCUT2D eigenvalue weighted by Gasteiger charge is 2.31. The van der Waals surface area contributed by atoms with Crippen LogP contribution in [0.3, 0.4) is 0 Å². The van der Waals surface area contributed by atoms with Gasteiger partial charge in [-0.3, -0.25) is 4.79 Å². The van der Waals surface area contributed by atoms with E-state index in [0.29, 0.717) is 0 Å². The molecular formula is C14H17N3OS. The number of nitrogens with zero attached hydrogens (tertiary/aromatic N) is 3. The first-order chi connectivity index (χ1) is 9.20. The molecule has 1 aromatic heterocycles. The number of aromatic nitrogens is 2. The molecule has 0 N–H and O–H groups in total. The summed E-state index contributed by atoms with van der Waals surface area (Å²) in [5.41, 5.74) is 2.15. The summed E-state index contributed by atoms with van der Waals surface area (Å²) in [5.74, 6) is 0.222. The van der Waals surface area contributed by atoms with Gasteiger partial charge in [-0.1, -0.05) is 23.9 Å². The second-order valence-corrected chi connectivity index (χ2v) is 5.95. The third-order valence-electron chi connectivity index (χ3n) is 3.56. The average molecular weight is 275 g/mol. The summed E-state index contributed by atoms with van der Waals surface area (Å²) in [6.07, 6.45) is 0.910. The smallest absolute Gasteiger partial charge is 0.235 e. The van der Waals surface area contributed by atoms with Gasteiger partial charge < -0.3 is 9.47 Å². The van der Waals surface area contributed by atoms with Gasteiger partial charge in [0.05, 0.1) is 16.3 Å². The number of fused-ring (bicyclic) bond motifs is 1. The van der Waals surface area contributed by atoms with Crippen molar-refractivity contribution in [1.29, 1.82) is 0 Å². The molecule has 0 unspecified atom stereocenters. The maximum Gasteiger partial charge on any atom is 0.235 e. The first kappa shape index (κ1) is 12.5. The van der Waals surface area contributed by atoms with Gasteiger partial charge in [-0.05, 0) is 25.5 Å². The number of likely N-dealkylation sites (tertiary alicyclic amines) is 1. The quantitative estimate of drug-likeness (QED) is 0.863. The van der Waals surface area contributed by atoms with E-state index in [1.54, 1.807) is 16.7 Å². The molecule has 3 rings (SSSR count). The molecule has 1 aliphatic rings. The van der Waals surface area contributed by atoms with Crippen molar-refractivity contribution in [3.05, 3.63) is 24.3 Å². The van der Waals surface area contributed by atoms with Crippen molar-refractivity contribution in [3.63, 3.8) is 0 Å². The fraction of sp³-hybridized carbons (Fsp3) is 0.429. The summed E-state index contributed by atoms with van der Waals surface area (Å²) in [6.45, 7) is 3.84. The lowest BCUT2D eigenvalue weighted by Gasteiger charge is -2.10. The van der Waals surface area contributed by atoms with E-state index >= 15 is 0 Å². The summed E-state index contributed by atoms with van der Waals surface area (Å²) in [5, 5.41) is 0.976. The monoisotopic (exact) mass is 275 g/mol. The average Bonchev–Trinajstić information content (AvgIpc) is 2.93. The third kappa shape index (κ3) is 2.12. The molecule has 0 saturated carbocycles. The molecule has 1 amide bonds. The van der Waals surface area contributed by atoms with E-state index in [1.807, 2.05) is 25.2 Å². The van der Waals surface area contributed by atoms with E-state index in [1.165, 1.54) is 0 Å². The topological polar surface area (TPSA) is 38.1 Å². The predicted molar refractivity (Wildman–Crippen MR) is 77.3 cm³/mol. The van der Waals surface area contributed by atoms with E-state index in [2.05, 4.69) is 22.5 Å². The van der Waals surface area contributed by atoms with Gasteiger partial charge in [0, 0.05) is 20.1 Å². The lowest BCUT2D eigenvalue weighted by molar-refractivity contribution is -0.126. The molecule has 0 bridgehead atoms. The molecule has 1 saturated heterocycles. The highest BCUT2D eigenvalue weighted by atomic mass is 32.2. The summed E-state index contributed by atoms with van der Waals surface area (Å²) in [6, 6.07) is 8.13. The summed E-state index contributed by atoms with van der Waals surface area (Å²) >= 11 is 1.60. The van der Waals surface area contributed by atoms with Crippen molar-refractivity contribution in [1.82, 2.24) is 14.5 Å². The van der Waals surface area contributed by atoms with Crippen LogP contribution in [0.5, 0.6) is 0 Å². The number of carbonyl (C=O) groups excluding carboxylic acids is 1. The Morgan fingerprint density at radius 2 is 2.21 bits per heavy atom. The standard InChI is InChI=1S/C14H17N3OS/c1-3-17-11-7-5-4-6-10(11)15-14(17)19-12-8-9-16(2)13(12)18/h4-7,12H,3,8-9H2,1-2H3/t12-/m1/s1. The molecule has 1 aromatic carbocycles. The van der Waals surface area contributed by atoms with Gasteiger partial charge in [-0.2, -0.15) is 0 Å². The van der Waals surface area contributed by atoms with E-state index in [-0.39, 0.29) is 11.2 Å². The van der Waals surface area contributed by atoms with E-state index < -0.39 is 0 Å². The van der Waals surface area contributed by atoms with Crippen LogP contribution in [0.25, 0.3) is 11.0 Å². The summed E-state index contributed by atoms with van der Waals surface area (Å²) < 4.78 is 2.19. The zero-order valence-electron chi connectivity index (χ0n) is 11.2. The molecule has 19 heavy (non-hydrogen) atoms. The Bertz CT molecular complexity index is 622. The second-order valence-electron chi connectivity index (χ2n) is 4.78. The fourth-order valence-corrected chi connectivity index (χ4v) is 3.74. The van der Waals surface area contributed by atoms with Crippen LogP contribution in [0.4, 0.5) is 0 Å². The fourth-order valence-electron chi connectivity index (χ4n) is 2.48. The van der Waals surface area contributed by atoms with Crippen LogP contribution in [0, 0.1) is 0 Å². The molecule has 4 nitrogen and oxygen atoms in total. The Morgan fingerprint density at radius 1 is 1.42 bits per heavy atom. The largest absolute Gasteiger partial charge is 0.345 e. The van der Waals surface area contributed by atoms with Gasteiger partial charge in [0.1, 0.15) is 0 Å². The first-order valence-corrected chi connectivity index (χ1v) is 7.45. The van der Waals surface area contributed by atoms with Gasteiger partial charge in [-0.25, -0.2) is 4.98 Å². The third-order valence-corrected chi connectivity index (χ3v) is 4.81. The van der Waals surface area contributed by atoms with Gasteiger partial charge in [0.15, 0.2) is 5.16 Å². The second kappa shape index (κ2) is 4.89. The van der Waals surface area contributed by atoms with E-state index in [0.717, 1.165) is 35.7 Å². The molecule has 1 fully saturated rings. The zero-order valence-corrected chi connectivity index (χ0v) is 12.0. The number of carbonyl (C=O) groups is 1. The Balaban J connectivity index is 1.94. The normalized spacial score (nSPS) is 19.6. The van der Waals surface area contributed by atoms with Crippen LogP contribution < -0.4 is 0 Å². The predicted octanol–water partition coefficient (Wildman–Crippen LogP) is 2.38. The zero-order chi connectivity index (χ0) is 13.4. The van der Waals surface area contributed by atoms with Crippen molar-refractivity contribution in [2.24, 2.45) is 0 Å². The van der Waals surface area contributed by atoms with Gasteiger partial charge in [0.25, 0.3) is 0 Å². The molecule has 100 valence electrons. The van der Waals surface area contributed by atoms with Crippen LogP contribution in [0.1, 0.15) is 13.3 Å². The van der Waals surface area contributed by atoms with Gasteiger partial charge in [0.2, 0.25) is 5.91 Å². The van der Waals surface area contributed by atoms with Crippen molar-refractivity contribution in [2.75, 3.05) is 13.6 Å². The number of imidazole rings is 1. The molecule has 2 aromatic rings. The van der Waals surface area contributed by atoms with Crippen molar-refractivity contribution in [3.8, 4) is 0 Å². The number of benzene rings is 1. The number of para-hydroxylation sites is 2. The van der Waals surface area contributed by atoms with E-state index in [9.17, 15) is 4.79 Å². The lowest BCUT2D eigenvalue weighted by Crippen LogP contribution is -2.24. The highest BCUT2D eigenvalue weighted by Crippen LogP contribution is 2.31. The highest BCUT2D eigenvalue weighted by molar-refractivity contribution is 8.00. The molecule has 0 radical (unpaired) electrons. The Hall–Kier alpha value is -1.49. The minimum Gasteiger partial charge on any atom is -0.345 e. The number of hydrogen-bond acceptors (Lipinski definition) is 3. The Morgan fingerprint density at radius 3 is 2.89 bits per heavy atom. The molecule has 5 heteroatoms. The summed E-state index contributed by atoms with van der Waals surface area (Å²) in [4.78, 5) is 18.5. The van der Waals surface area contributed by atoms with Crippen LogP contribution in [-0.4, -0.2) is 39.2 Å². The number of aryl methyl sites for hydroxylation is 1. The molecule has 0 aliphatic carbocycles. The Kier molecular flexibility index (Phi) is 3.22. The number of amides is 1. The van der Waals surface area contributed by atoms with Crippen LogP contribution in [-0.2, 0) is 11.3 Å². The Labute approximate surface area is 116 Å². The maximum absolute atomic E-state index is 12.0. The van der Waals surface area contributed by atoms with Gasteiger partial charge in [-0.15, -0.1) is 0 Å². The van der Waals surface area contributed by atoms with Crippen LogP contribution >= 0.6 is 11.8 Å². The SMILES string of the molecule is CCn1c(S[C@@H]2CCN(C)C2=O)nc2ccccc21. The van der Waals surface area contributed by atoms with Crippen molar-refractivity contribution < 1.29 is 4.79 Å². The number of hydrogen-bond donors (Lipinski definition) is 0. The molecule has 2 heterocycles. The minimum absolute atomic E-state index is 0.0205. The molecular weight excluding hydrogens is 258 g/mol. The number of rotatable bonds is 3.